The molecule has 2 heterocycles. The fourth-order valence-electron chi connectivity index (χ4n) is 1.86. The van der Waals surface area contributed by atoms with E-state index < -0.39 is 0 Å². The summed E-state index contributed by atoms with van der Waals surface area (Å²) in [5, 5.41) is 7.16. The third-order valence-corrected chi connectivity index (χ3v) is 3.04. The van der Waals surface area contributed by atoms with Gasteiger partial charge in [0.2, 0.25) is 0 Å². The lowest BCUT2D eigenvalue weighted by molar-refractivity contribution is 0.734. The number of hydrogen-bond donors (Lipinski definition) is 1. The van der Waals surface area contributed by atoms with Gasteiger partial charge in [-0.25, -0.2) is 0 Å². The van der Waals surface area contributed by atoms with Gasteiger partial charge in [-0.2, -0.15) is 5.10 Å². The van der Waals surface area contributed by atoms with Gasteiger partial charge in [-0.15, -0.1) is 0 Å². The Hall–Kier alpha value is -1.49. The van der Waals surface area contributed by atoms with Crippen molar-refractivity contribution in [3.63, 3.8) is 0 Å². The van der Waals surface area contributed by atoms with Crippen LogP contribution < -0.4 is 0 Å². The van der Waals surface area contributed by atoms with Crippen molar-refractivity contribution in [2.45, 2.75) is 25.8 Å². The molecular formula is C11H12N4S. The van der Waals surface area contributed by atoms with Gasteiger partial charge in [-0.1, -0.05) is 0 Å². The number of nitrogens with zero attached hydrogens (tertiary/aromatic N) is 3. The van der Waals surface area contributed by atoms with E-state index in [0.717, 1.165) is 17.0 Å². The van der Waals surface area contributed by atoms with Gasteiger partial charge in [0, 0.05) is 24.0 Å². The Kier molecular flexibility index (Phi) is 2.14. The monoisotopic (exact) mass is 232 g/mol. The van der Waals surface area contributed by atoms with Crippen molar-refractivity contribution in [2.75, 3.05) is 0 Å². The van der Waals surface area contributed by atoms with Gasteiger partial charge < -0.3 is 0 Å². The second-order valence-electron chi connectivity index (χ2n) is 4.20. The van der Waals surface area contributed by atoms with Gasteiger partial charge in [0.05, 0.1) is 0 Å². The van der Waals surface area contributed by atoms with Crippen molar-refractivity contribution in [3.05, 3.63) is 28.8 Å². The van der Waals surface area contributed by atoms with Crippen molar-refractivity contribution in [1.29, 1.82) is 0 Å². The highest BCUT2D eigenvalue weighted by Gasteiger charge is 2.27. The molecule has 4 nitrogen and oxygen atoms in total. The summed E-state index contributed by atoms with van der Waals surface area (Å²) in [5.41, 5.74) is 2.16. The lowest BCUT2D eigenvalue weighted by Crippen LogP contribution is -1.98. The number of aryl methyl sites for hydroxylation is 1. The molecule has 0 radical (unpaired) electrons. The first-order valence-electron chi connectivity index (χ1n) is 5.34. The SMILES string of the molecule is Cc1cncc(-c2n[nH]c(=S)n2C2CC2)c1. The second kappa shape index (κ2) is 3.52. The minimum absolute atomic E-state index is 0.529. The van der Waals surface area contributed by atoms with Crippen LogP contribution in [0.4, 0.5) is 0 Å². The number of H-pyrrole nitrogens is 1. The molecule has 0 bridgehead atoms. The highest BCUT2D eigenvalue weighted by atomic mass is 32.1. The van der Waals surface area contributed by atoms with Gasteiger partial charge in [0.25, 0.3) is 0 Å². The maximum Gasteiger partial charge on any atom is 0.195 e. The number of aromatic nitrogens is 4. The first kappa shape index (κ1) is 9.72. The maximum absolute atomic E-state index is 5.25. The summed E-state index contributed by atoms with van der Waals surface area (Å²) in [5.74, 6) is 0.906. The average molecular weight is 232 g/mol. The summed E-state index contributed by atoms with van der Waals surface area (Å²) in [7, 11) is 0. The maximum atomic E-state index is 5.25. The van der Waals surface area contributed by atoms with E-state index in [1.165, 1.54) is 12.8 Å². The second-order valence-corrected chi connectivity index (χ2v) is 4.59. The predicted octanol–water partition coefficient (Wildman–Crippen LogP) is 2.65. The minimum Gasteiger partial charge on any atom is -0.297 e. The third-order valence-electron chi connectivity index (χ3n) is 2.75. The summed E-state index contributed by atoms with van der Waals surface area (Å²) >= 11 is 5.25. The predicted molar refractivity (Wildman–Crippen MR) is 63.7 cm³/mol. The molecule has 0 amide bonds. The summed E-state index contributed by atoms with van der Waals surface area (Å²) in [6.07, 6.45) is 6.06. The fraction of sp³-hybridized carbons (Fsp3) is 0.364. The van der Waals surface area contributed by atoms with Crippen LogP contribution in [0.25, 0.3) is 11.4 Å². The number of nitrogens with one attached hydrogen (secondary N) is 1. The van der Waals surface area contributed by atoms with Crippen LogP contribution in [0.2, 0.25) is 0 Å². The first-order valence-corrected chi connectivity index (χ1v) is 5.75. The van der Waals surface area contributed by atoms with E-state index in [-0.39, 0.29) is 0 Å². The molecule has 0 atom stereocenters. The Bertz CT molecular complexity index is 580. The molecule has 0 aromatic carbocycles. The normalized spacial score (nSPS) is 15.3. The molecule has 2 aromatic rings. The minimum atomic E-state index is 0.529. The summed E-state index contributed by atoms with van der Waals surface area (Å²) < 4.78 is 2.81. The number of rotatable bonds is 2. The molecule has 0 spiro atoms. The molecule has 1 N–H and O–H groups in total. The van der Waals surface area contributed by atoms with E-state index in [0.29, 0.717) is 10.8 Å². The zero-order chi connectivity index (χ0) is 11.1. The van der Waals surface area contributed by atoms with E-state index in [2.05, 4.69) is 25.8 Å². The molecule has 5 heteroatoms. The first-order chi connectivity index (χ1) is 7.75. The average Bonchev–Trinajstić information content (AvgIpc) is 3.02. The van der Waals surface area contributed by atoms with E-state index >= 15 is 0 Å². The smallest absolute Gasteiger partial charge is 0.195 e. The van der Waals surface area contributed by atoms with Crippen LogP contribution in [0.1, 0.15) is 24.4 Å². The topological polar surface area (TPSA) is 46.5 Å². The Labute approximate surface area is 98.3 Å². The highest BCUT2D eigenvalue weighted by Crippen LogP contribution is 2.37. The van der Waals surface area contributed by atoms with E-state index in [1.54, 1.807) is 0 Å². The van der Waals surface area contributed by atoms with Gasteiger partial charge >= 0.3 is 0 Å². The molecule has 1 aliphatic carbocycles. The van der Waals surface area contributed by atoms with Crippen LogP contribution >= 0.6 is 12.2 Å². The lowest BCUT2D eigenvalue weighted by atomic mass is 10.2. The molecule has 82 valence electrons. The van der Waals surface area contributed by atoms with Crippen LogP contribution in [0, 0.1) is 11.7 Å². The Morgan fingerprint density at radius 2 is 2.25 bits per heavy atom. The van der Waals surface area contributed by atoms with Gasteiger partial charge in [-0.3, -0.25) is 14.6 Å². The van der Waals surface area contributed by atoms with Crippen LogP contribution in [-0.2, 0) is 0 Å². The standard InChI is InChI=1S/C11H12N4S/c1-7-4-8(6-12-5-7)10-13-14-11(16)15(10)9-2-3-9/h4-6,9H,2-3H2,1H3,(H,14,16). The fourth-order valence-corrected chi connectivity index (χ4v) is 2.14. The largest absolute Gasteiger partial charge is 0.297 e. The molecule has 0 aliphatic heterocycles. The molecular weight excluding hydrogens is 220 g/mol. The van der Waals surface area contributed by atoms with Crippen LogP contribution in [0.15, 0.2) is 18.5 Å². The zero-order valence-electron chi connectivity index (χ0n) is 8.97. The molecule has 2 aromatic heterocycles. The van der Waals surface area contributed by atoms with Crippen LogP contribution in [0.5, 0.6) is 0 Å². The van der Waals surface area contributed by atoms with Crippen molar-refractivity contribution in [1.82, 2.24) is 19.7 Å². The van der Waals surface area contributed by atoms with Crippen LogP contribution in [0.3, 0.4) is 0 Å². The summed E-state index contributed by atoms with van der Waals surface area (Å²) in [6.45, 7) is 2.03. The van der Waals surface area contributed by atoms with Gasteiger partial charge in [-0.05, 0) is 43.6 Å². The number of aromatic amines is 1. The molecule has 1 fully saturated rings. The molecule has 16 heavy (non-hydrogen) atoms. The lowest BCUT2D eigenvalue weighted by Gasteiger charge is -2.04. The number of hydrogen-bond acceptors (Lipinski definition) is 3. The quantitative estimate of drug-likeness (QED) is 0.810. The van der Waals surface area contributed by atoms with E-state index in [4.69, 9.17) is 12.2 Å². The van der Waals surface area contributed by atoms with Crippen LogP contribution in [-0.4, -0.2) is 19.7 Å². The van der Waals surface area contributed by atoms with Gasteiger partial charge in [0.1, 0.15) is 0 Å². The molecule has 0 saturated heterocycles. The van der Waals surface area contributed by atoms with Crippen molar-refractivity contribution < 1.29 is 0 Å². The Morgan fingerprint density at radius 3 is 2.94 bits per heavy atom. The molecule has 3 rings (SSSR count). The Morgan fingerprint density at radius 1 is 1.44 bits per heavy atom. The van der Waals surface area contributed by atoms with Crippen molar-refractivity contribution in [3.8, 4) is 11.4 Å². The highest BCUT2D eigenvalue weighted by molar-refractivity contribution is 7.71. The van der Waals surface area contributed by atoms with Gasteiger partial charge in [0.15, 0.2) is 10.6 Å². The molecule has 1 saturated carbocycles. The van der Waals surface area contributed by atoms with E-state index in [1.807, 2.05) is 19.3 Å². The third kappa shape index (κ3) is 1.57. The zero-order valence-corrected chi connectivity index (χ0v) is 9.79. The van der Waals surface area contributed by atoms with Crippen molar-refractivity contribution >= 4 is 12.2 Å². The molecule has 1 aliphatic rings. The summed E-state index contributed by atoms with van der Waals surface area (Å²) in [6, 6.07) is 2.61. The Balaban J connectivity index is 2.16. The number of pyridine rings is 1. The molecule has 0 unspecified atom stereocenters. The van der Waals surface area contributed by atoms with Crippen molar-refractivity contribution in [2.24, 2.45) is 0 Å². The van der Waals surface area contributed by atoms with E-state index in [9.17, 15) is 0 Å². The summed E-state index contributed by atoms with van der Waals surface area (Å²) in [4.78, 5) is 4.19.